The third-order valence-electron chi connectivity index (χ3n) is 10.1. The molecular formula is C46H27N5O. The lowest BCUT2D eigenvalue weighted by Crippen LogP contribution is -2.02. The molecule has 0 amide bonds. The molecule has 4 aromatic heterocycles. The van der Waals surface area contributed by atoms with Crippen LogP contribution in [-0.2, 0) is 0 Å². The highest BCUT2D eigenvalue weighted by molar-refractivity contribution is 6.22. The van der Waals surface area contributed by atoms with Crippen molar-refractivity contribution in [3.8, 4) is 40.0 Å². The first kappa shape index (κ1) is 28.6. The molecule has 6 nitrogen and oxygen atoms in total. The van der Waals surface area contributed by atoms with Crippen LogP contribution >= 0.6 is 0 Å². The first-order valence-corrected chi connectivity index (χ1v) is 17.3. The van der Waals surface area contributed by atoms with Crippen molar-refractivity contribution in [1.29, 1.82) is 0 Å². The second-order valence-corrected chi connectivity index (χ2v) is 13.0. The van der Waals surface area contributed by atoms with E-state index in [1.54, 1.807) is 0 Å². The lowest BCUT2D eigenvalue weighted by molar-refractivity contribution is 0.654. The second kappa shape index (κ2) is 11.2. The average Bonchev–Trinajstić information content (AvgIpc) is 3.76. The van der Waals surface area contributed by atoms with Gasteiger partial charge in [-0.2, -0.15) is 0 Å². The molecule has 0 aliphatic rings. The van der Waals surface area contributed by atoms with E-state index in [2.05, 4.69) is 102 Å². The van der Waals surface area contributed by atoms with Crippen molar-refractivity contribution in [2.75, 3.05) is 0 Å². The summed E-state index contributed by atoms with van der Waals surface area (Å²) >= 11 is 0. The summed E-state index contributed by atoms with van der Waals surface area (Å²) in [6.07, 6.45) is 0. The summed E-state index contributed by atoms with van der Waals surface area (Å²) in [5.74, 6) is 1.63. The molecule has 0 fully saturated rings. The smallest absolute Gasteiger partial charge is 0.227 e. The van der Waals surface area contributed by atoms with Crippen molar-refractivity contribution >= 4 is 65.4 Å². The lowest BCUT2D eigenvalue weighted by Gasteiger charge is -2.15. The van der Waals surface area contributed by atoms with Gasteiger partial charge in [-0.1, -0.05) is 121 Å². The summed E-state index contributed by atoms with van der Waals surface area (Å²) in [5, 5.41) is 9.08. The highest BCUT2D eigenvalue weighted by Crippen LogP contribution is 2.40. The Balaban J connectivity index is 1.15. The van der Waals surface area contributed by atoms with E-state index in [1.807, 2.05) is 66.7 Å². The Morgan fingerprint density at radius 2 is 1.10 bits per heavy atom. The number of hydrogen-bond acceptors (Lipinski definition) is 5. The number of hydrogen-bond donors (Lipinski definition) is 0. The van der Waals surface area contributed by atoms with Gasteiger partial charge in [0, 0.05) is 38.1 Å². The first-order chi connectivity index (χ1) is 25.8. The number of aromatic nitrogens is 5. The van der Waals surface area contributed by atoms with Gasteiger partial charge in [0.25, 0.3) is 0 Å². The molecule has 0 saturated heterocycles. The molecule has 0 radical (unpaired) electrons. The minimum Gasteiger partial charge on any atom is -0.438 e. The van der Waals surface area contributed by atoms with Gasteiger partial charge in [-0.25, -0.2) is 19.9 Å². The van der Waals surface area contributed by atoms with Gasteiger partial charge >= 0.3 is 0 Å². The fourth-order valence-electron chi connectivity index (χ4n) is 7.73. The van der Waals surface area contributed by atoms with Crippen LogP contribution in [0.25, 0.3) is 105 Å². The zero-order valence-corrected chi connectivity index (χ0v) is 27.7. The standard InChI is InChI=1S/C46H27N5O/c1-2-13-29(14-3-1)43-48-44(50-45(49-43)37-25-23-35-33-18-9-11-21-41(33)52-46(35)47-37)34-24-27-39(32-17-7-6-16-31(32)34)51-38-20-10-8-19-36(38)42-30-15-5-4-12-28(30)22-26-40(42)51/h1-27H. The number of benzene rings is 7. The lowest BCUT2D eigenvalue weighted by atomic mass is 10.0. The van der Waals surface area contributed by atoms with E-state index in [0.29, 0.717) is 28.9 Å². The van der Waals surface area contributed by atoms with E-state index in [1.165, 1.54) is 27.1 Å². The fourth-order valence-corrected chi connectivity index (χ4v) is 7.73. The Kier molecular flexibility index (Phi) is 6.15. The Morgan fingerprint density at radius 1 is 0.404 bits per heavy atom. The van der Waals surface area contributed by atoms with Gasteiger partial charge in [0.05, 0.1) is 16.7 Å². The summed E-state index contributed by atoms with van der Waals surface area (Å²) < 4.78 is 8.54. The Hall–Kier alpha value is -7.18. The van der Waals surface area contributed by atoms with E-state index in [4.69, 9.17) is 24.4 Å². The van der Waals surface area contributed by atoms with Crippen LogP contribution in [0, 0.1) is 0 Å². The van der Waals surface area contributed by atoms with Gasteiger partial charge in [-0.15, -0.1) is 0 Å². The Morgan fingerprint density at radius 3 is 1.98 bits per heavy atom. The van der Waals surface area contributed by atoms with Gasteiger partial charge < -0.3 is 8.98 Å². The highest BCUT2D eigenvalue weighted by atomic mass is 16.3. The predicted molar refractivity (Wildman–Crippen MR) is 211 cm³/mol. The molecule has 0 aliphatic carbocycles. The van der Waals surface area contributed by atoms with Crippen molar-refractivity contribution in [1.82, 2.24) is 24.5 Å². The summed E-state index contributed by atoms with van der Waals surface area (Å²) in [6, 6.07) is 56.6. The van der Waals surface area contributed by atoms with E-state index in [0.717, 1.165) is 49.5 Å². The number of para-hydroxylation sites is 2. The van der Waals surface area contributed by atoms with Crippen molar-refractivity contribution in [3.05, 3.63) is 164 Å². The van der Waals surface area contributed by atoms with Gasteiger partial charge in [0.2, 0.25) is 5.71 Å². The average molecular weight is 666 g/mol. The van der Waals surface area contributed by atoms with Crippen LogP contribution in [0.3, 0.4) is 0 Å². The SMILES string of the molecule is c1ccc(-c2nc(-c3ccc4c(n3)oc3ccccc34)nc(-c3ccc(-n4c5ccccc5c5c6ccccc6ccc54)c4ccccc34)n2)cc1. The maximum atomic E-state index is 6.15. The zero-order valence-electron chi connectivity index (χ0n) is 27.7. The van der Waals surface area contributed by atoms with Crippen LogP contribution in [0.4, 0.5) is 0 Å². The number of furan rings is 1. The Labute approximate surface area is 297 Å². The largest absolute Gasteiger partial charge is 0.438 e. The van der Waals surface area contributed by atoms with Gasteiger partial charge in [-0.05, 0) is 58.6 Å². The Bertz CT molecular complexity index is 3200. The molecule has 52 heavy (non-hydrogen) atoms. The molecule has 0 N–H and O–H groups in total. The molecular weight excluding hydrogens is 639 g/mol. The maximum Gasteiger partial charge on any atom is 0.227 e. The molecule has 0 saturated carbocycles. The minimum atomic E-state index is 0.480. The highest BCUT2D eigenvalue weighted by Gasteiger charge is 2.20. The number of fused-ring (bicyclic) bond motifs is 9. The van der Waals surface area contributed by atoms with Crippen LogP contribution in [0.2, 0.25) is 0 Å². The van der Waals surface area contributed by atoms with E-state index in [-0.39, 0.29) is 0 Å². The van der Waals surface area contributed by atoms with Gasteiger partial charge in [0.1, 0.15) is 11.3 Å². The van der Waals surface area contributed by atoms with Crippen LogP contribution in [0.15, 0.2) is 168 Å². The zero-order chi connectivity index (χ0) is 34.2. The van der Waals surface area contributed by atoms with E-state index < -0.39 is 0 Å². The molecule has 0 atom stereocenters. The quantitative estimate of drug-likeness (QED) is 0.187. The normalized spacial score (nSPS) is 11.8. The van der Waals surface area contributed by atoms with Crippen LogP contribution in [-0.4, -0.2) is 24.5 Å². The third-order valence-corrected chi connectivity index (χ3v) is 10.1. The van der Waals surface area contributed by atoms with E-state index >= 15 is 0 Å². The first-order valence-electron chi connectivity index (χ1n) is 17.3. The predicted octanol–water partition coefficient (Wildman–Crippen LogP) is 11.6. The number of rotatable bonds is 4. The molecule has 7 aromatic carbocycles. The summed E-state index contributed by atoms with van der Waals surface area (Å²) in [4.78, 5) is 20.1. The molecule has 242 valence electrons. The van der Waals surface area contributed by atoms with Crippen LogP contribution in [0.5, 0.6) is 0 Å². The monoisotopic (exact) mass is 665 g/mol. The molecule has 0 unspecified atom stereocenters. The maximum absolute atomic E-state index is 6.15. The van der Waals surface area contributed by atoms with E-state index in [9.17, 15) is 0 Å². The summed E-state index contributed by atoms with van der Waals surface area (Å²) in [7, 11) is 0. The summed E-state index contributed by atoms with van der Waals surface area (Å²) in [5.41, 5.74) is 7.20. The molecule has 11 aromatic rings. The second-order valence-electron chi connectivity index (χ2n) is 13.0. The molecule has 0 bridgehead atoms. The molecule has 0 spiro atoms. The summed E-state index contributed by atoms with van der Waals surface area (Å²) in [6.45, 7) is 0. The van der Waals surface area contributed by atoms with Gasteiger partial charge in [-0.3, -0.25) is 0 Å². The molecule has 4 heterocycles. The molecule has 6 heteroatoms. The number of pyridine rings is 1. The minimum absolute atomic E-state index is 0.480. The van der Waals surface area contributed by atoms with Crippen LogP contribution < -0.4 is 0 Å². The fraction of sp³-hybridized carbons (Fsp3) is 0. The van der Waals surface area contributed by atoms with Crippen molar-refractivity contribution in [3.63, 3.8) is 0 Å². The molecule has 11 rings (SSSR count). The third kappa shape index (κ3) is 4.31. The topological polar surface area (TPSA) is 69.6 Å². The van der Waals surface area contributed by atoms with Gasteiger partial charge in [0.15, 0.2) is 17.5 Å². The van der Waals surface area contributed by atoms with Crippen molar-refractivity contribution < 1.29 is 4.42 Å². The molecule has 0 aliphatic heterocycles. The van der Waals surface area contributed by atoms with Crippen LogP contribution in [0.1, 0.15) is 0 Å². The van der Waals surface area contributed by atoms with Crippen molar-refractivity contribution in [2.45, 2.75) is 0 Å². The van der Waals surface area contributed by atoms with Crippen molar-refractivity contribution in [2.24, 2.45) is 0 Å². The number of nitrogens with zero attached hydrogens (tertiary/aromatic N) is 5.